The number of nitrogens with zero attached hydrogens (tertiary/aromatic N) is 2. The quantitative estimate of drug-likeness (QED) is 0.744. The molecule has 0 aliphatic carbocycles. The molecule has 2 heterocycles. The molecule has 2 amide bonds. The van der Waals surface area contributed by atoms with Crippen LogP contribution in [0.25, 0.3) is 0 Å². The minimum atomic E-state index is -3.34. The van der Waals surface area contributed by atoms with Gasteiger partial charge in [-0.05, 0) is 36.6 Å². The maximum absolute atomic E-state index is 12.7. The van der Waals surface area contributed by atoms with E-state index in [2.05, 4.69) is 15.6 Å². The SMILES string of the molecule is CS(=O)(=O)N1CCC[C@H](C(=O)Nc2ccccc2C(=O)NCc2cccnc2)C1. The summed E-state index contributed by atoms with van der Waals surface area (Å²) in [6, 6.07) is 10.4. The van der Waals surface area contributed by atoms with E-state index in [1.54, 1.807) is 42.7 Å². The molecule has 1 atom stereocenters. The number of anilines is 1. The first-order valence-electron chi connectivity index (χ1n) is 9.36. The molecule has 9 heteroatoms. The van der Waals surface area contributed by atoms with Gasteiger partial charge >= 0.3 is 0 Å². The second-order valence-electron chi connectivity index (χ2n) is 7.04. The summed E-state index contributed by atoms with van der Waals surface area (Å²) in [6.45, 7) is 0.900. The van der Waals surface area contributed by atoms with Crippen LogP contribution in [0.3, 0.4) is 0 Å². The van der Waals surface area contributed by atoms with Gasteiger partial charge in [0, 0.05) is 32.0 Å². The summed E-state index contributed by atoms with van der Waals surface area (Å²) >= 11 is 0. The van der Waals surface area contributed by atoms with Crippen molar-refractivity contribution in [1.29, 1.82) is 0 Å². The van der Waals surface area contributed by atoms with E-state index in [0.29, 0.717) is 37.2 Å². The zero-order valence-corrected chi connectivity index (χ0v) is 17.0. The van der Waals surface area contributed by atoms with Crippen LogP contribution in [0.15, 0.2) is 48.8 Å². The highest BCUT2D eigenvalue weighted by molar-refractivity contribution is 7.88. The molecule has 1 saturated heterocycles. The van der Waals surface area contributed by atoms with E-state index in [0.717, 1.165) is 11.8 Å². The van der Waals surface area contributed by atoms with E-state index >= 15 is 0 Å². The summed E-state index contributed by atoms with van der Waals surface area (Å²) in [5, 5.41) is 5.62. The number of hydrogen-bond acceptors (Lipinski definition) is 5. The molecular weight excluding hydrogens is 392 g/mol. The van der Waals surface area contributed by atoms with Crippen LogP contribution in [-0.2, 0) is 21.4 Å². The number of piperidine rings is 1. The van der Waals surface area contributed by atoms with Gasteiger partial charge in [0.15, 0.2) is 0 Å². The van der Waals surface area contributed by atoms with E-state index in [1.165, 1.54) is 4.31 Å². The average Bonchev–Trinajstić information content (AvgIpc) is 2.72. The lowest BCUT2D eigenvalue weighted by atomic mass is 9.98. The number of amides is 2. The number of hydrogen-bond donors (Lipinski definition) is 2. The lowest BCUT2D eigenvalue weighted by Gasteiger charge is -2.30. The topological polar surface area (TPSA) is 108 Å². The van der Waals surface area contributed by atoms with Crippen molar-refractivity contribution in [2.24, 2.45) is 5.92 Å². The van der Waals surface area contributed by atoms with Crippen molar-refractivity contribution in [1.82, 2.24) is 14.6 Å². The molecule has 154 valence electrons. The number of sulfonamides is 1. The standard InChI is InChI=1S/C20H24N4O4S/c1-29(27,28)24-11-5-7-16(14-24)19(25)23-18-9-3-2-8-17(18)20(26)22-13-15-6-4-10-21-12-15/h2-4,6,8-10,12,16H,5,7,11,13-14H2,1H3,(H,22,26)(H,23,25)/t16-/m0/s1. The lowest BCUT2D eigenvalue weighted by Crippen LogP contribution is -2.43. The molecule has 1 aromatic carbocycles. The highest BCUT2D eigenvalue weighted by atomic mass is 32.2. The van der Waals surface area contributed by atoms with Crippen LogP contribution in [0, 0.1) is 5.92 Å². The minimum absolute atomic E-state index is 0.153. The number of aromatic nitrogens is 1. The number of benzene rings is 1. The predicted molar refractivity (Wildman–Crippen MR) is 110 cm³/mol. The fourth-order valence-corrected chi connectivity index (χ4v) is 4.17. The molecule has 0 radical (unpaired) electrons. The van der Waals surface area contributed by atoms with Gasteiger partial charge in [-0.15, -0.1) is 0 Å². The van der Waals surface area contributed by atoms with Gasteiger partial charge in [-0.3, -0.25) is 14.6 Å². The monoisotopic (exact) mass is 416 g/mol. The zero-order chi connectivity index (χ0) is 20.9. The second-order valence-corrected chi connectivity index (χ2v) is 9.02. The highest BCUT2D eigenvalue weighted by Gasteiger charge is 2.30. The van der Waals surface area contributed by atoms with Crippen LogP contribution >= 0.6 is 0 Å². The molecule has 1 fully saturated rings. The third kappa shape index (κ3) is 5.61. The Hall–Kier alpha value is -2.78. The molecule has 1 aliphatic rings. The molecule has 8 nitrogen and oxygen atoms in total. The van der Waals surface area contributed by atoms with Crippen LogP contribution in [0.5, 0.6) is 0 Å². The van der Waals surface area contributed by atoms with E-state index < -0.39 is 15.9 Å². The summed E-state index contributed by atoms with van der Waals surface area (Å²) in [4.78, 5) is 29.3. The number of nitrogens with one attached hydrogen (secondary N) is 2. The normalized spacial score (nSPS) is 17.5. The number of pyridine rings is 1. The Morgan fingerprint density at radius 1 is 1.21 bits per heavy atom. The Morgan fingerprint density at radius 3 is 2.72 bits per heavy atom. The molecule has 3 rings (SSSR count). The molecule has 0 bridgehead atoms. The molecule has 2 N–H and O–H groups in total. The van der Waals surface area contributed by atoms with E-state index in [-0.39, 0.29) is 18.4 Å². The summed E-state index contributed by atoms with van der Waals surface area (Å²) in [5.41, 5.74) is 1.61. The molecule has 2 aromatic rings. The maximum Gasteiger partial charge on any atom is 0.253 e. The van der Waals surface area contributed by atoms with Crippen molar-refractivity contribution < 1.29 is 18.0 Å². The van der Waals surface area contributed by atoms with Crippen LogP contribution in [0.2, 0.25) is 0 Å². The van der Waals surface area contributed by atoms with E-state index in [1.807, 2.05) is 6.07 Å². The van der Waals surface area contributed by atoms with Gasteiger partial charge in [0.2, 0.25) is 15.9 Å². The largest absolute Gasteiger partial charge is 0.348 e. The molecule has 0 saturated carbocycles. The number of carbonyl (C=O) groups excluding carboxylic acids is 2. The number of rotatable bonds is 6. The smallest absolute Gasteiger partial charge is 0.253 e. The summed E-state index contributed by atoms with van der Waals surface area (Å²) in [5.74, 6) is -1.05. The van der Waals surface area contributed by atoms with Gasteiger partial charge in [-0.2, -0.15) is 0 Å². The second kappa shape index (κ2) is 9.15. The minimum Gasteiger partial charge on any atom is -0.348 e. The van der Waals surface area contributed by atoms with Gasteiger partial charge < -0.3 is 10.6 Å². The molecule has 1 aliphatic heterocycles. The van der Waals surface area contributed by atoms with Crippen molar-refractivity contribution in [2.75, 3.05) is 24.7 Å². The van der Waals surface area contributed by atoms with Crippen LogP contribution < -0.4 is 10.6 Å². The van der Waals surface area contributed by atoms with E-state index in [9.17, 15) is 18.0 Å². The van der Waals surface area contributed by atoms with Crippen LogP contribution in [0.1, 0.15) is 28.8 Å². The first-order valence-corrected chi connectivity index (χ1v) is 11.2. The zero-order valence-electron chi connectivity index (χ0n) is 16.2. The Morgan fingerprint density at radius 2 is 2.00 bits per heavy atom. The third-order valence-corrected chi connectivity index (χ3v) is 6.10. The van der Waals surface area contributed by atoms with Gasteiger partial charge in [-0.1, -0.05) is 18.2 Å². The first kappa shape index (κ1) is 20.9. The number of para-hydroxylation sites is 1. The molecular formula is C20H24N4O4S. The van der Waals surface area contributed by atoms with Gasteiger partial charge in [-0.25, -0.2) is 12.7 Å². The Labute approximate surface area is 170 Å². The van der Waals surface area contributed by atoms with Gasteiger partial charge in [0.1, 0.15) is 0 Å². The molecule has 0 spiro atoms. The van der Waals surface area contributed by atoms with Crippen molar-refractivity contribution in [3.05, 3.63) is 59.9 Å². The van der Waals surface area contributed by atoms with Crippen molar-refractivity contribution in [3.63, 3.8) is 0 Å². The van der Waals surface area contributed by atoms with Crippen molar-refractivity contribution in [2.45, 2.75) is 19.4 Å². The first-order chi connectivity index (χ1) is 13.8. The van der Waals surface area contributed by atoms with Crippen molar-refractivity contribution in [3.8, 4) is 0 Å². The molecule has 29 heavy (non-hydrogen) atoms. The molecule has 0 unspecified atom stereocenters. The lowest BCUT2D eigenvalue weighted by molar-refractivity contribution is -0.120. The Balaban J connectivity index is 1.67. The van der Waals surface area contributed by atoms with Crippen molar-refractivity contribution >= 4 is 27.5 Å². The van der Waals surface area contributed by atoms with Crippen LogP contribution in [-0.4, -0.2) is 48.9 Å². The van der Waals surface area contributed by atoms with Crippen LogP contribution in [0.4, 0.5) is 5.69 Å². The van der Waals surface area contributed by atoms with E-state index in [4.69, 9.17) is 0 Å². The Kier molecular flexibility index (Phi) is 6.60. The summed E-state index contributed by atoms with van der Waals surface area (Å²) < 4.78 is 24.9. The Bertz CT molecular complexity index is 979. The third-order valence-electron chi connectivity index (χ3n) is 4.83. The fourth-order valence-electron chi connectivity index (χ4n) is 3.26. The molecule has 1 aromatic heterocycles. The fraction of sp³-hybridized carbons (Fsp3) is 0.350. The predicted octanol–water partition coefficient (Wildman–Crippen LogP) is 1.62. The maximum atomic E-state index is 12.7. The average molecular weight is 417 g/mol. The van der Waals surface area contributed by atoms with Gasteiger partial charge in [0.05, 0.1) is 23.4 Å². The summed E-state index contributed by atoms with van der Waals surface area (Å²) in [6.07, 6.45) is 5.71. The van der Waals surface area contributed by atoms with Gasteiger partial charge in [0.25, 0.3) is 5.91 Å². The number of carbonyl (C=O) groups is 2. The summed E-state index contributed by atoms with van der Waals surface area (Å²) in [7, 11) is -3.34. The highest BCUT2D eigenvalue weighted by Crippen LogP contribution is 2.22.